The van der Waals surface area contributed by atoms with Crippen LogP contribution in [0.3, 0.4) is 0 Å². The Hall–Kier alpha value is -1.55. The van der Waals surface area contributed by atoms with Crippen molar-refractivity contribution in [1.29, 1.82) is 0 Å². The quantitative estimate of drug-likeness (QED) is 0.439. The molecule has 4 heteroatoms. The Morgan fingerprint density at radius 3 is 2.54 bits per heavy atom. The van der Waals surface area contributed by atoms with E-state index in [2.05, 4.69) is 4.89 Å². The summed E-state index contributed by atoms with van der Waals surface area (Å²) in [6.07, 6.45) is 0. The Morgan fingerprint density at radius 1 is 1.38 bits per heavy atom. The molecule has 0 aromatic heterocycles. The van der Waals surface area contributed by atoms with Gasteiger partial charge in [-0.3, -0.25) is 4.79 Å². The van der Waals surface area contributed by atoms with Gasteiger partial charge in [0, 0.05) is 5.56 Å². The van der Waals surface area contributed by atoms with Gasteiger partial charge in [-0.05, 0) is 25.1 Å². The van der Waals surface area contributed by atoms with E-state index in [1.165, 1.54) is 26.2 Å². The molecular weight excluding hydrogens is 172 g/mol. The van der Waals surface area contributed by atoms with E-state index >= 15 is 0 Å². The zero-order valence-corrected chi connectivity index (χ0v) is 7.40. The third-order valence-electron chi connectivity index (χ3n) is 1.67. The molecule has 1 aromatic rings. The van der Waals surface area contributed by atoms with E-state index in [-0.39, 0.29) is 11.5 Å². The van der Waals surface area contributed by atoms with Crippen LogP contribution < -0.4 is 9.62 Å². The van der Waals surface area contributed by atoms with Gasteiger partial charge in [0.05, 0.1) is 7.11 Å². The summed E-state index contributed by atoms with van der Waals surface area (Å²) < 4.78 is 4.89. The number of ketones is 1. The number of Topliss-reactive ketones (excluding diaryl/α,β-unsaturated/α-hetero) is 1. The van der Waals surface area contributed by atoms with Crippen LogP contribution in [0, 0.1) is 0 Å². The lowest BCUT2D eigenvalue weighted by atomic mass is 10.1. The Kier molecular flexibility index (Phi) is 2.87. The smallest absolute Gasteiger partial charge is 0.206 e. The van der Waals surface area contributed by atoms with Crippen molar-refractivity contribution in [2.45, 2.75) is 6.92 Å². The average molecular weight is 182 g/mol. The summed E-state index contributed by atoms with van der Waals surface area (Å²) >= 11 is 0. The molecule has 70 valence electrons. The zero-order chi connectivity index (χ0) is 9.84. The van der Waals surface area contributed by atoms with Gasteiger partial charge in [-0.25, -0.2) is 5.26 Å². The van der Waals surface area contributed by atoms with Gasteiger partial charge in [-0.15, -0.1) is 0 Å². The summed E-state index contributed by atoms with van der Waals surface area (Å²) in [7, 11) is 1.43. The van der Waals surface area contributed by atoms with Crippen molar-refractivity contribution < 1.29 is 19.7 Å². The van der Waals surface area contributed by atoms with Crippen molar-refractivity contribution in [3.8, 4) is 11.5 Å². The van der Waals surface area contributed by atoms with Crippen LogP contribution in [0.5, 0.6) is 11.5 Å². The number of rotatable bonds is 3. The van der Waals surface area contributed by atoms with E-state index in [0.29, 0.717) is 11.3 Å². The van der Waals surface area contributed by atoms with E-state index in [1.54, 1.807) is 6.07 Å². The van der Waals surface area contributed by atoms with Crippen LogP contribution in [-0.2, 0) is 0 Å². The van der Waals surface area contributed by atoms with E-state index in [4.69, 9.17) is 9.99 Å². The molecule has 0 aliphatic rings. The van der Waals surface area contributed by atoms with Crippen molar-refractivity contribution in [3.05, 3.63) is 23.8 Å². The number of carbonyl (C=O) groups excluding carboxylic acids is 1. The summed E-state index contributed by atoms with van der Waals surface area (Å²) in [5, 5.41) is 8.41. The van der Waals surface area contributed by atoms with Crippen molar-refractivity contribution in [2.24, 2.45) is 0 Å². The van der Waals surface area contributed by atoms with Gasteiger partial charge in [0.1, 0.15) is 0 Å². The predicted molar refractivity (Wildman–Crippen MR) is 46.3 cm³/mol. The first kappa shape index (κ1) is 9.54. The Morgan fingerprint density at radius 2 is 2.08 bits per heavy atom. The third-order valence-corrected chi connectivity index (χ3v) is 1.67. The average Bonchev–Trinajstić information content (AvgIpc) is 2.16. The van der Waals surface area contributed by atoms with Crippen LogP contribution in [0.2, 0.25) is 0 Å². The van der Waals surface area contributed by atoms with Crippen LogP contribution in [0.15, 0.2) is 18.2 Å². The van der Waals surface area contributed by atoms with Crippen molar-refractivity contribution >= 4 is 5.78 Å². The highest BCUT2D eigenvalue weighted by molar-refractivity contribution is 5.94. The molecule has 0 spiro atoms. The molecule has 1 aromatic carbocycles. The highest BCUT2D eigenvalue weighted by Gasteiger charge is 2.07. The monoisotopic (exact) mass is 182 g/mol. The predicted octanol–water partition coefficient (Wildman–Crippen LogP) is 1.75. The maximum atomic E-state index is 11.0. The van der Waals surface area contributed by atoms with Crippen molar-refractivity contribution in [3.63, 3.8) is 0 Å². The fourth-order valence-corrected chi connectivity index (χ4v) is 0.962. The number of hydrogen-bond acceptors (Lipinski definition) is 4. The molecule has 13 heavy (non-hydrogen) atoms. The summed E-state index contributed by atoms with van der Waals surface area (Å²) in [5.74, 6) is 0.450. The molecule has 0 unspecified atom stereocenters. The lowest BCUT2D eigenvalue weighted by Crippen LogP contribution is -1.96. The Labute approximate surface area is 75.6 Å². The maximum Gasteiger partial charge on any atom is 0.206 e. The van der Waals surface area contributed by atoms with Gasteiger partial charge in [0.25, 0.3) is 0 Å². The first-order valence-electron chi connectivity index (χ1n) is 3.69. The second kappa shape index (κ2) is 3.91. The van der Waals surface area contributed by atoms with Gasteiger partial charge in [0.15, 0.2) is 11.5 Å². The molecule has 1 N–H and O–H groups in total. The van der Waals surface area contributed by atoms with E-state index < -0.39 is 0 Å². The Balaban J connectivity index is 3.13. The fourth-order valence-electron chi connectivity index (χ4n) is 0.962. The van der Waals surface area contributed by atoms with Crippen LogP contribution in [-0.4, -0.2) is 18.2 Å². The SMILES string of the molecule is COc1cc(C(C)=O)ccc1OO. The minimum Gasteiger partial charge on any atom is -0.493 e. The maximum absolute atomic E-state index is 11.0. The fraction of sp³-hybridized carbons (Fsp3) is 0.222. The van der Waals surface area contributed by atoms with Crippen LogP contribution in [0.25, 0.3) is 0 Å². The number of ether oxygens (including phenoxy) is 1. The third kappa shape index (κ3) is 1.97. The molecule has 0 aliphatic heterocycles. The highest BCUT2D eigenvalue weighted by Crippen LogP contribution is 2.27. The second-order valence-corrected chi connectivity index (χ2v) is 2.51. The van der Waals surface area contributed by atoms with Gasteiger partial charge in [0.2, 0.25) is 5.75 Å². The van der Waals surface area contributed by atoms with Crippen molar-refractivity contribution in [1.82, 2.24) is 0 Å². The lowest BCUT2D eigenvalue weighted by Gasteiger charge is -2.05. The molecule has 0 radical (unpaired) electrons. The van der Waals surface area contributed by atoms with Crippen molar-refractivity contribution in [2.75, 3.05) is 7.11 Å². The lowest BCUT2D eigenvalue weighted by molar-refractivity contribution is -0.139. The minimum absolute atomic E-state index is 0.0669. The number of benzene rings is 1. The van der Waals surface area contributed by atoms with Crippen LogP contribution >= 0.6 is 0 Å². The molecule has 0 saturated carbocycles. The molecule has 4 nitrogen and oxygen atoms in total. The topological polar surface area (TPSA) is 55.8 Å². The molecule has 1 rings (SSSR count). The summed E-state index contributed by atoms with van der Waals surface area (Å²) in [6, 6.07) is 4.53. The van der Waals surface area contributed by atoms with Gasteiger partial charge in [-0.1, -0.05) is 0 Å². The summed E-state index contributed by atoms with van der Waals surface area (Å²) in [6.45, 7) is 1.45. The molecular formula is C9H10O4. The first-order chi connectivity index (χ1) is 6.19. The molecule has 0 heterocycles. The first-order valence-corrected chi connectivity index (χ1v) is 3.69. The molecule has 0 atom stereocenters. The number of carbonyl (C=O) groups is 1. The highest BCUT2D eigenvalue weighted by atomic mass is 17.1. The normalized spacial score (nSPS) is 9.46. The number of methoxy groups -OCH3 is 1. The zero-order valence-electron chi connectivity index (χ0n) is 7.40. The van der Waals surface area contributed by atoms with Gasteiger partial charge >= 0.3 is 0 Å². The Bertz CT molecular complexity index is 319. The molecule has 0 amide bonds. The van der Waals surface area contributed by atoms with Gasteiger partial charge in [-0.2, -0.15) is 0 Å². The van der Waals surface area contributed by atoms with Crippen LogP contribution in [0.1, 0.15) is 17.3 Å². The van der Waals surface area contributed by atoms with E-state index in [9.17, 15) is 4.79 Å². The standard InChI is InChI=1S/C9H10O4/c1-6(10)7-3-4-8(13-11)9(5-7)12-2/h3-5,11H,1-2H3. The molecule has 0 saturated heterocycles. The summed E-state index contributed by atoms with van der Waals surface area (Å²) in [4.78, 5) is 15.0. The van der Waals surface area contributed by atoms with E-state index in [0.717, 1.165) is 0 Å². The molecule has 0 bridgehead atoms. The largest absolute Gasteiger partial charge is 0.493 e. The van der Waals surface area contributed by atoms with Crippen LogP contribution in [0.4, 0.5) is 0 Å². The van der Waals surface area contributed by atoms with E-state index in [1.807, 2.05) is 0 Å². The minimum atomic E-state index is -0.0669. The molecule has 0 fully saturated rings. The van der Waals surface area contributed by atoms with Gasteiger partial charge < -0.3 is 9.62 Å². The molecule has 0 aliphatic carbocycles. The summed E-state index contributed by atoms with van der Waals surface area (Å²) in [5.41, 5.74) is 0.512. The number of hydrogen-bond donors (Lipinski definition) is 1. The second-order valence-electron chi connectivity index (χ2n) is 2.51.